The molecular formula is C11H9ClN2O4S. The Labute approximate surface area is 114 Å². The lowest BCUT2D eigenvalue weighted by molar-refractivity contribution is -0.134. The number of rotatable bonds is 4. The Morgan fingerprint density at radius 1 is 1.42 bits per heavy atom. The lowest BCUT2D eigenvalue weighted by Crippen LogP contribution is -2.22. The van der Waals surface area contributed by atoms with Crippen LogP contribution in [0, 0.1) is 0 Å². The molecule has 6 nitrogen and oxygen atoms in total. The van der Waals surface area contributed by atoms with Crippen molar-refractivity contribution in [2.75, 3.05) is 10.5 Å². The van der Waals surface area contributed by atoms with Gasteiger partial charge in [-0.05, 0) is 18.2 Å². The summed E-state index contributed by atoms with van der Waals surface area (Å²) in [6, 6.07) is 6.44. The zero-order valence-electron chi connectivity index (χ0n) is 9.50. The number of carboxylic acids is 1. The predicted molar refractivity (Wildman–Crippen MR) is 71.8 cm³/mol. The molecule has 0 fully saturated rings. The zero-order valence-corrected chi connectivity index (χ0v) is 11.1. The first kappa shape index (κ1) is 13.6. The van der Waals surface area contributed by atoms with Crippen molar-refractivity contribution >= 4 is 44.2 Å². The third-order valence-electron chi connectivity index (χ3n) is 2.25. The van der Waals surface area contributed by atoms with Crippen molar-refractivity contribution in [3.63, 3.8) is 0 Å². The highest BCUT2D eigenvalue weighted by Crippen LogP contribution is 2.26. The summed E-state index contributed by atoms with van der Waals surface area (Å²) in [6.45, 7) is 0. The molecule has 2 aromatic rings. The normalized spacial score (nSPS) is 11.4. The van der Waals surface area contributed by atoms with Gasteiger partial charge >= 0.3 is 5.97 Å². The highest BCUT2D eigenvalue weighted by atomic mass is 35.5. The van der Waals surface area contributed by atoms with Crippen LogP contribution >= 0.6 is 11.6 Å². The minimum Gasteiger partial charge on any atom is -0.480 e. The van der Waals surface area contributed by atoms with Gasteiger partial charge in [0.1, 0.15) is 0 Å². The smallest absolute Gasteiger partial charge is 0.320 e. The molecular weight excluding hydrogens is 292 g/mol. The van der Waals surface area contributed by atoms with E-state index < -0.39 is 21.7 Å². The fourth-order valence-electron chi connectivity index (χ4n) is 1.60. The summed E-state index contributed by atoms with van der Waals surface area (Å²) in [4.78, 5) is 14.5. The Kier molecular flexibility index (Phi) is 3.59. The molecule has 19 heavy (non-hydrogen) atoms. The van der Waals surface area contributed by atoms with Crippen molar-refractivity contribution in [3.8, 4) is 0 Å². The minimum absolute atomic E-state index is 0.157. The number of nitrogens with one attached hydrogen (secondary N) is 1. The number of hydrogen-bond acceptors (Lipinski definition) is 4. The highest BCUT2D eigenvalue weighted by Gasteiger charge is 2.17. The molecule has 0 radical (unpaired) electrons. The first-order valence-corrected chi connectivity index (χ1v) is 7.17. The van der Waals surface area contributed by atoms with Crippen molar-refractivity contribution in [2.24, 2.45) is 0 Å². The summed E-state index contributed by atoms with van der Waals surface area (Å²) in [6.07, 6.45) is 1.51. The number of hydrogen-bond donors (Lipinski definition) is 2. The Bertz CT molecular complexity index is 745. The number of carboxylic acid groups (broad SMARTS) is 1. The molecule has 1 heterocycles. The van der Waals surface area contributed by atoms with Crippen LogP contribution in [-0.4, -0.2) is 30.2 Å². The van der Waals surface area contributed by atoms with Crippen LogP contribution < -0.4 is 4.72 Å². The number of halogens is 1. The summed E-state index contributed by atoms with van der Waals surface area (Å²) in [5.74, 6) is -2.46. The minimum atomic E-state index is -3.99. The standard InChI is InChI=1S/C11H9ClN2O4S/c12-8-4-7-2-1-3-13-11(7)9(5-8)14-19(17,18)6-10(15)16/h1-5,14H,6H2,(H,15,16). The van der Waals surface area contributed by atoms with Crippen LogP contribution in [0.1, 0.15) is 0 Å². The Balaban J connectivity index is 2.48. The molecule has 0 spiro atoms. The van der Waals surface area contributed by atoms with E-state index in [4.69, 9.17) is 16.7 Å². The fourth-order valence-corrected chi connectivity index (χ4v) is 2.71. The van der Waals surface area contributed by atoms with E-state index in [1.165, 1.54) is 12.3 Å². The molecule has 0 saturated heterocycles. The molecule has 1 aromatic heterocycles. The number of pyridine rings is 1. The maximum absolute atomic E-state index is 11.6. The van der Waals surface area contributed by atoms with Crippen LogP contribution in [0.25, 0.3) is 10.9 Å². The number of fused-ring (bicyclic) bond motifs is 1. The first-order chi connectivity index (χ1) is 8.87. The van der Waals surface area contributed by atoms with Gasteiger partial charge in [0.15, 0.2) is 5.75 Å². The van der Waals surface area contributed by atoms with Crippen LogP contribution in [0.4, 0.5) is 5.69 Å². The van der Waals surface area contributed by atoms with E-state index in [2.05, 4.69) is 9.71 Å². The van der Waals surface area contributed by atoms with E-state index in [0.29, 0.717) is 15.9 Å². The monoisotopic (exact) mass is 300 g/mol. The number of nitrogens with zero attached hydrogens (tertiary/aromatic N) is 1. The van der Waals surface area contributed by atoms with Crippen molar-refractivity contribution in [3.05, 3.63) is 35.5 Å². The van der Waals surface area contributed by atoms with Crippen LogP contribution in [0.2, 0.25) is 5.02 Å². The van der Waals surface area contributed by atoms with Gasteiger partial charge in [0.05, 0.1) is 11.2 Å². The second-order valence-electron chi connectivity index (χ2n) is 3.78. The number of benzene rings is 1. The van der Waals surface area contributed by atoms with Gasteiger partial charge < -0.3 is 5.11 Å². The molecule has 0 aliphatic carbocycles. The predicted octanol–water partition coefficient (Wildman–Crippen LogP) is 1.71. The second kappa shape index (κ2) is 5.02. The van der Waals surface area contributed by atoms with E-state index in [0.717, 1.165) is 0 Å². The quantitative estimate of drug-likeness (QED) is 0.896. The average molecular weight is 301 g/mol. The SMILES string of the molecule is O=C(O)CS(=O)(=O)Nc1cc(Cl)cc2cccnc12. The van der Waals surface area contributed by atoms with Gasteiger partial charge in [-0.1, -0.05) is 17.7 Å². The Morgan fingerprint density at radius 3 is 2.84 bits per heavy atom. The third kappa shape index (κ3) is 3.33. The first-order valence-electron chi connectivity index (χ1n) is 5.14. The molecule has 0 aliphatic heterocycles. The molecule has 0 unspecified atom stereocenters. The van der Waals surface area contributed by atoms with Gasteiger partial charge in [-0.15, -0.1) is 0 Å². The molecule has 2 rings (SSSR count). The molecule has 0 saturated carbocycles. The van der Waals surface area contributed by atoms with Gasteiger partial charge in [0.25, 0.3) is 0 Å². The summed E-state index contributed by atoms with van der Waals surface area (Å²) in [5, 5.41) is 9.52. The number of carbonyl (C=O) groups is 1. The summed E-state index contributed by atoms with van der Waals surface area (Å²) in [5.41, 5.74) is 0.560. The summed E-state index contributed by atoms with van der Waals surface area (Å²) in [7, 11) is -3.99. The van der Waals surface area contributed by atoms with E-state index in [1.807, 2.05) is 0 Å². The van der Waals surface area contributed by atoms with Gasteiger partial charge in [0.2, 0.25) is 10.0 Å². The summed E-state index contributed by atoms with van der Waals surface area (Å²) >= 11 is 5.88. The molecule has 1 aromatic carbocycles. The van der Waals surface area contributed by atoms with E-state index >= 15 is 0 Å². The maximum atomic E-state index is 11.6. The molecule has 0 aliphatic rings. The van der Waals surface area contributed by atoms with Crippen molar-refractivity contribution < 1.29 is 18.3 Å². The second-order valence-corrected chi connectivity index (χ2v) is 5.94. The van der Waals surface area contributed by atoms with Crippen LogP contribution in [-0.2, 0) is 14.8 Å². The Hall–Kier alpha value is -1.86. The van der Waals surface area contributed by atoms with Gasteiger partial charge in [-0.3, -0.25) is 14.5 Å². The lowest BCUT2D eigenvalue weighted by Gasteiger charge is -2.09. The number of aliphatic carboxylic acids is 1. The van der Waals surface area contributed by atoms with Crippen molar-refractivity contribution in [1.29, 1.82) is 0 Å². The maximum Gasteiger partial charge on any atom is 0.320 e. The van der Waals surface area contributed by atoms with Crippen LogP contribution in [0.5, 0.6) is 0 Å². The van der Waals surface area contributed by atoms with Crippen molar-refractivity contribution in [1.82, 2.24) is 4.98 Å². The number of aromatic nitrogens is 1. The average Bonchev–Trinajstić information content (AvgIpc) is 2.26. The molecule has 0 amide bonds. The third-order valence-corrected chi connectivity index (χ3v) is 3.62. The fraction of sp³-hybridized carbons (Fsp3) is 0.0909. The van der Waals surface area contributed by atoms with Crippen LogP contribution in [0.15, 0.2) is 30.5 Å². The van der Waals surface area contributed by atoms with Crippen molar-refractivity contribution in [2.45, 2.75) is 0 Å². The van der Waals surface area contributed by atoms with E-state index in [-0.39, 0.29) is 5.69 Å². The summed E-state index contributed by atoms with van der Waals surface area (Å²) < 4.78 is 25.4. The van der Waals surface area contributed by atoms with Gasteiger partial charge in [-0.2, -0.15) is 0 Å². The molecule has 2 N–H and O–H groups in total. The topological polar surface area (TPSA) is 96.4 Å². The largest absolute Gasteiger partial charge is 0.480 e. The molecule has 8 heteroatoms. The molecule has 0 atom stereocenters. The van der Waals surface area contributed by atoms with Gasteiger partial charge in [-0.25, -0.2) is 8.42 Å². The zero-order chi connectivity index (χ0) is 14.0. The number of anilines is 1. The van der Waals surface area contributed by atoms with Gasteiger partial charge in [0, 0.05) is 16.6 Å². The van der Waals surface area contributed by atoms with E-state index in [9.17, 15) is 13.2 Å². The number of sulfonamides is 1. The molecule has 0 bridgehead atoms. The van der Waals surface area contributed by atoms with Crippen LogP contribution in [0.3, 0.4) is 0 Å². The Morgan fingerprint density at radius 2 is 2.16 bits per heavy atom. The highest BCUT2D eigenvalue weighted by molar-refractivity contribution is 7.93. The van der Waals surface area contributed by atoms with E-state index in [1.54, 1.807) is 18.2 Å². The lowest BCUT2D eigenvalue weighted by atomic mass is 10.2. The molecule has 100 valence electrons.